The average Bonchev–Trinajstić information content (AvgIpc) is 2.53. The Kier molecular flexibility index (Phi) is 1.67. The molecule has 0 aliphatic heterocycles. The highest BCUT2D eigenvalue weighted by molar-refractivity contribution is 5.58. The first-order chi connectivity index (χ1) is 5.88. The highest BCUT2D eigenvalue weighted by atomic mass is 15.0. The lowest BCUT2D eigenvalue weighted by molar-refractivity contribution is 0.921. The Hall–Kier alpha value is -1.57. The lowest BCUT2D eigenvalue weighted by atomic mass is 10.2. The van der Waals surface area contributed by atoms with Crippen LogP contribution in [0.2, 0.25) is 0 Å². The maximum absolute atomic E-state index is 4.06. The molecular weight excluding hydrogens is 148 g/mol. The summed E-state index contributed by atoms with van der Waals surface area (Å²) >= 11 is 0. The maximum atomic E-state index is 4.06. The van der Waals surface area contributed by atoms with Gasteiger partial charge < -0.3 is 4.57 Å². The van der Waals surface area contributed by atoms with Crippen molar-refractivity contribution < 1.29 is 0 Å². The zero-order valence-electron chi connectivity index (χ0n) is 6.94. The summed E-state index contributed by atoms with van der Waals surface area (Å²) in [6, 6.07) is 10.2. The summed E-state index contributed by atoms with van der Waals surface area (Å²) in [5, 5.41) is 0. The van der Waals surface area contributed by atoms with Gasteiger partial charge in [0.25, 0.3) is 0 Å². The number of nitrogens with zero attached hydrogens (tertiary/aromatic N) is 2. The second-order valence-electron chi connectivity index (χ2n) is 2.76. The van der Waals surface area contributed by atoms with Gasteiger partial charge in [-0.2, -0.15) is 0 Å². The van der Waals surface area contributed by atoms with Crippen molar-refractivity contribution in [1.82, 2.24) is 9.55 Å². The highest BCUT2D eigenvalue weighted by Crippen LogP contribution is 2.16. The Labute approximate surface area is 71.5 Å². The van der Waals surface area contributed by atoms with Crippen LogP contribution >= 0.6 is 0 Å². The first-order valence-electron chi connectivity index (χ1n) is 3.89. The van der Waals surface area contributed by atoms with Crippen molar-refractivity contribution in [2.45, 2.75) is 0 Å². The second-order valence-corrected chi connectivity index (χ2v) is 2.76. The van der Waals surface area contributed by atoms with Crippen molar-refractivity contribution in [3.05, 3.63) is 42.9 Å². The molecule has 0 fully saturated rings. The molecule has 0 radical (unpaired) electrons. The molecule has 60 valence electrons. The lowest BCUT2D eigenvalue weighted by Gasteiger charge is -2.00. The molecule has 0 spiro atoms. The van der Waals surface area contributed by atoms with E-state index in [1.54, 1.807) is 0 Å². The van der Waals surface area contributed by atoms with Crippen molar-refractivity contribution in [2.75, 3.05) is 0 Å². The SMILES string of the molecule is Cn1cncc1-c1ccccc1. The summed E-state index contributed by atoms with van der Waals surface area (Å²) in [5.41, 5.74) is 2.35. The Morgan fingerprint density at radius 1 is 1.17 bits per heavy atom. The standard InChI is InChI=1S/C10H10N2/c1-12-8-11-7-10(12)9-5-3-2-4-6-9/h2-8H,1H3. The van der Waals surface area contributed by atoms with E-state index in [9.17, 15) is 0 Å². The first kappa shape index (κ1) is 7.10. The number of rotatable bonds is 1. The van der Waals surface area contributed by atoms with Crippen LogP contribution < -0.4 is 0 Å². The predicted octanol–water partition coefficient (Wildman–Crippen LogP) is 2.09. The molecule has 0 aliphatic rings. The Bertz CT molecular complexity index is 362. The molecule has 1 aromatic carbocycles. The van der Waals surface area contributed by atoms with E-state index in [-0.39, 0.29) is 0 Å². The van der Waals surface area contributed by atoms with E-state index in [0.717, 1.165) is 5.69 Å². The molecule has 2 heteroatoms. The molecule has 0 saturated heterocycles. The fourth-order valence-electron chi connectivity index (χ4n) is 1.24. The summed E-state index contributed by atoms with van der Waals surface area (Å²) in [6.45, 7) is 0. The summed E-state index contributed by atoms with van der Waals surface area (Å²) in [4.78, 5) is 4.06. The summed E-state index contributed by atoms with van der Waals surface area (Å²) in [7, 11) is 2.00. The van der Waals surface area contributed by atoms with Gasteiger partial charge in [-0.15, -0.1) is 0 Å². The van der Waals surface area contributed by atoms with Gasteiger partial charge in [0.2, 0.25) is 0 Å². The normalized spacial score (nSPS) is 10.1. The molecule has 0 aliphatic carbocycles. The van der Waals surface area contributed by atoms with E-state index in [0.29, 0.717) is 0 Å². The third-order valence-corrected chi connectivity index (χ3v) is 1.89. The molecule has 0 atom stereocenters. The molecule has 1 heterocycles. The van der Waals surface area contributed by atoms with Crippen LogP contribution in [0, 0.1) is 0 Å². The van der Waals surface area contributed by atoms with Gasteiger partial charge in [0, 0.05) is 7.05 Å². The van der Waals surface area contributed by atoms with Gasteiger partial charge in [0.15, 0.2) is 0 Å². The van der Waals surface area contributed by atoms with Gasteiger partial charge in [-0.25, -0.2) is 4.98 Å². The van der Waals surface area contributed by atoms with Crippen LogP contribution in [0.5, 0.6) is 0 Å². The van der Waals surface area contributed by atoms with Gasteiger partial charge in [-0.05, 0) is 5.56 Å². The van der Waals surface area contributed by atoms with E-state index in [4.69, 9.17) is 0 Å². The highest BCUT2D eigenvalue weighted by Gasteiger charge is 1.98. The Morgan fingerprint density at radius 3 is 2.50 bits per heavy atom. The van der Waals surface area contributed by atoms with Crippen molar-refractivity contribution in [3.63, 3.8) is 0 Å². The predicted molar refractivity (Wildman–Crippen MR) is 48.6 cm³/mol. The quantitative estimate of drug-likeness (QED) is 0.621. The topological polar surface area (TPSA) is 17.8 Å². The number of hydrogen-bond donors (Lipinski definition) is 0. The summed E-state index contributed by atoms with van der Waals surface area (Å²) in [6.07, 6.45) is 3.68. The van der Waals surface area contributed by atoms with Crippen LogP contribution in [0.4, 0.5) is 0 Å². The molecule has 0 bridgehead atoms. The first-order valence-corrected chi connectivity index (χ1v) is 3.89. The Morgan fingerprint density at radius 2 is 1.92 bits per heavy atom. The zero-order chi connectivity index (χ0) is 8.39. The molecule has 0 unspecified atom stereocenters. The number of imidazole rings is 1. The minimum Gasteiger partial charge on any atom is -0.334 e. The van der Waals surface area contributed by atoms with Gasteiger partial charge in [-0.1, -0.05) is 30.3 Å². The van der Waals surface area contributed by atoms with E-state index in [2.05, 4.69) is 17.1 Å². The molecule has 2 aromatic rings. The number of aryl methyl sites for hydroxylation is 1. The molecular formula is C10H10N2. The minimum absolute atomic E-state index is 1.15. The molecule has 1 aromatic heterocycles. The van der Waals surface area contributed by atoms with Crippen LogP contribution in [0.1, 0.15) is 0 Å². The number of aromatic nitrogens is 2. The van der Waals surface area contributed by atoms with Gasteiger partial charge in [-0.3, -0.25) is 0 Å². The third-order valence-electron chi connectivity index (χ3n) is 1.89. The molecule has 0 N–H and O–H groups in total. The molecule has 2 rings (SSSR count). The number of hydrogen-bond acceptors (Lipinski definition) is 1. The largest absolute Gasteiger partial charge is 0.334 e. The van der Waals surface area contributed by atoms with Gasteiger partial charge in [0.1, 0.15) is 0 Å². The van der Waals surface area contributed by atoms with Crippen LogP contribution in [0.3, 0.4) is 0 Å². The summed E-state index contributed by atoms with van der Waals surface area (Å²) < 4.78 is 2.01. The van der Waals surface area contributed by atoms with Crippen molar-refractivity contribution >= 4 is 0 Å². The van der Waals surface area contributed by atoms with E-state index in [1.165, 1.54) is 5.56 Å². The fraction of sp³-hybridized carbons (Fsp3) is 0.100. The second kappa shape index (κ2) is 2.81. The summed E-state index contributed by atoms with van der Waals surface area (Å²) in [5.74, 6) is 0. The molecule has 12 heavy (non-hydrogen) atoms. The van der Waals surface area contributed by atoms with E-state index in [1.807, 2.05) is 42.3 Å². The van der Waals surface area contributed by atoms with Crippen LogP contribution in [0.25, 0.3) is 11.3 Å². The van der Waals surface area contributed by atoms with Gasteiger partial charge >= 0.3 is 0 Å². The average molecular weight is 158 g/mol. The lowest BCUT2D eigenvalue weighted by Crippen LogP contribution is -1.87. The fourth-order valence-corrected chi connectivity index (χ4v) is 1.24. The van der Waals surface area contributed by atoms with Crippen LogP contribution in [0.15, 0.2) is 42.9 Å². The van der Waals surface area contributed by atoms with Gasteiger partial charge in [0.05, 0.1) is 18.2 Å². The van der Waals surface area contributed by atoms with Crippen molar-refractivity contribution in [2.24, 2.45) is 7.05 Å². The molecule has 0 amide bonds. The molecule has 0 saturated carbocycles. The zero-order valence-corrected chi connectivity index (χ0v) is 6.94. The monoisotopic (exact) mass is 158 g/mol. The molecule has 2 nitrogen and oxygen atoms in total. The van der Waals surface area contributed by atoms with Crippen molar-refractivity contribution in [1.29, 1.82) is 0 Å². The van der Waals surface area contributed by atoms with Crippen LogP contribution in [-0.4, -0.2) is 9.55 Å². The number of benzene rings is 1. The Balaban J connectivity index is 2.51. The van der Waals surface area contributed by atoms with Crippen LogP contribution in [-0.2, 0) is 7.05 Å². The van der Waals surface area contributed by atoms with E-state index < -0.39 is 0 Å². The minimum atomic E-state index is 1.15. The van der Waals surface area contributed by atoms with E-state index >= 15 is 0 Å². The smallest absolute Gasteiger partial charge is 0.0948 e. The third kappa shape index (κ3) is 1.11. The van der Waals surface area contributed by atoms with Crippen molar-refractivity contribution in [3.8, 4) is 11.3 Å². The maximum Gasteiger partial charge on any atom is 0.0948 e.